The highest BCUT2D eigenvalue weighted by Gasteiger charge is 2.17. The van der Waals surface area contributed by atoms with Crippen molar-refractivity contribution in [2.75, 3.05) is 46.9 Å². The fourth-order valence-electron chi connectivity index (χ4n) is 3.99. The number of aliphatic hydroxyl groups is 1. The van der Waals surface area contributed by atoms with Gasteiger partial charge in [0.05, 0.1) is 19.3 Å². The topological polar surface area (TPSA) is 63.0 Å². The molecule has 1 saturated heterocycles. The van der Waals surface area contributed by atoms with Crippen LogP contribution in [0.25, 0.3) is 0 Å². The molecule has 7 nitrogen and oxygen atoms in total. The fourth-order valence-corrected chi connectivity index (χ4v) is 3.99. The van der Waals surface area contributed by atoms with Crippen molar-refractivity contribution in [1.82, 2.24) is 19.6 Å². The van der Waals surface area contributed by atoms with Gasteiger partial charge in [0.1, 0.15) is 12.7 Å². The smallest absolute Gasteiger partial charge is 0.161 e. The number of likely N-dealkylation sites (tertiary alicyclic amines) is 1. The van der Waals surface area contributed by atoms with Crippen molar-refractivity contribution in [2.24, 2.45) is 0 Å². The largest absolute Gasteiger partial charge is 0.493 e. The highest BCUT2D eigenvalue weighted by molar-refractivity contribution is 5.43. The first-order valence-corrected chi connectivity index (χ1v) is 10.8. The van der Waals surface area contributed by atoms with Crippen LogP contribution >= 0.6 is 0 Å². The van der Waals surface area contributed by atoms with E-state index < -0.39 is 6.10 Å². The van der Waals surface area contributed by atoms with Gasteiger partial charge in [0, 0.05) is 25.3 Å². The molecule has 0 spiro atoms. The van der Waals surface area contributed by atoms with Gasteiger partial charge < -0.3 is 24.4 Å². The molecule has 0 bridgehead atoms. The van der Waals surface area contributed by atoms with E-state index in [9.17, 15) is 5.11 Å². The number of aryl methyl sites for hydroxylation is 2. The van der Waals surface area contributed by atoms with Gasteiger partial charge in [-0.25, -0.2) is 0 Å². The SMILES string of the molecule is COc1cc(CN(C)CCn2nc(C)cc2C)ccc1OC[C@H](O)CN1CCCC1. The molecule has 3 rings (SSSR count). The molecule has 1 aliphatic heterocycles. The molecular formula is C23H36N4O3. The highest BCUT2D eigenvalue weighted by atomic mass is 16.5. The van der Waals surface area contributed by atoms with Crippen LogP contribution in [-0.4, -0.2) is 77.7 Å². The van der Waals surface area contributed by atoms with E-state index in [1.165, 1.54) is 18.5 Å². The van der Waals surface area contributed by atoms with Crippen LogP contribution in [0.5, 0.6) is 11.5 Å². The van der Waals surface area contributed by atoms with Gasteiger partial charge in [0.15, 0.2) is 11.5 Å². The van der Waals surface area contributed by atoms with Crippen LogP contribution in [0.4, 0.5) is 0 Å². The zero-order chi connectivity index (χ0) is 21.5. The quantitative estimate of drug-likeness (QED) is 0.607. The number of β-amino-alcohol motifs (C(OH)–C–C–N with tert-alkyl or cyclic N) is 1. The van der Waals surface area contributed by atoms with Crippen molar-refractivity contribution in [3.63, 3.8) is 0 Å². The van der Waals surface area contributed by atoms with E-state index in [0.29, 0.717) is 18.0 Å². The summed E-state index contributed by atoms with van der Waals surface area (Å²) < 4.78 is 13.4. The number of aromatic nitrogens is 2. The van der Waals surface area contributed by atoms with Crippen LogP contribution in [0.1, 0.15) is 29.8 Å². The number of ether oxygens (including phenoxy) is 2. The predicted octanol–water partition coefficient (Wildman–Crippen LogP) is 2.48. The van der Waals surface area contributed by atoms with Gasteiger partial charge in [0.25, 0.3) is 0 Å². The van der Waals surface area contributed by atoms with E-state index in [1.54, 1.807) is 7.11 Å². The van der Waals surface area contributed by atoms with Crippen LogP contribution in [0.3, 0.4) is 0 Å². The van der Waals surface area contributed by atoms with Crippen molar-refractivity contribution < 1.29 is 14.6 Å². The Morgan fingerprint density at radius 3 is 2.60 bits per heavy atom. The van der Waals surface area contributed by atoms with Crippen molar-refractivity contribution >= 4 is 0 Å². The molecule has 1 fully saturated rings. The summed E-state index contributed by atoms with van der Waals surface area (Å²) in [6.07, 6.45) is 1.95. The molecule has 2 heterocycles. The van der Waals surface area contributed by atoms with E-state index >= 15 is 0 Å². The molecule has 1 aromatic heterocycles. The monoisotopic (exact) mass is 416 g/mol. The Kier molecular flexibility index (Phi) is 8.13. The second-order valence-electron chi connectivity index (χ2n) is 8.35. The van der Waals surface area contributed by atoms with Crippen molar-refractivity contribution in [2.45, 2.75) is 45.9 Å². The minimum Gasteiger partial charge on any atom is -0.493 e. The lowest BCUT2D eigenvalue weighted by Gasteiger charge is -2.21. The Balaban J connectivity index is 1.49. The fraction of sp³-hybridized carbons (Fsp3) is 0.609. The summed E-state index contributed by atoms with van der Waals surface area (Å²) in [5.74, 6) is 1.37. The van der Waals surface area contributed by atoms with Crippen LogP contribution in [0.2, 0.25) is 0 Å². The average Bonchev–Trinajstić information content (AvgIpc) is 3.34. The lowest BCUT2D eigenvalue weighted by Crippen LogP contribution is -2.33. The standard InChI is InChI=1S/C23H36N4O3/c1-18-13-19(2)27(24-18)12-11-25(3)15-20-7-8-22(23(14-20)29-4)30-17-21(28)16-26-9-5-6-10-26/h7-8,13-14,21,28H,5-6,9-12,15-17H2,1-4H3/t21-/m1/s1. The van der Waals surface area contributed by atoms with E-state index in [2.05, 4.69) is 45.7 Å². The van der Waals surface area contributed by atoms with E-state index in [1.807, 2.05) is 19.1 Å². The van der Waals surface area contributed by atoms with Crippen LogP contribution in [0, 0.1) is 13.8 Å². The van der Waals surface area contributed by atoms with Crippen LogP contribution in [0.15, 0.2) is 24.3 Å². The van der Waals surface area contributed by atoms with Crippen LogP contribution < -0.4 is 9.47 Å². The number of hydrogen-bond acceptors (Lipinski definition) is 6. The molecule has 1 atom stereocenters. The number of rotatable bonds is 11. The maximum atomic E-state index is 10.3. The van der Waals surface area contributed by atoms with Gasteiger partial charge in [-0.05, 0) is 70.6 Å². The minimum atomic E-state index is -0.493. The third-order valence-corrected chi connectivity index (χ3v) is 5.58. The zero-order valence-electron chi connectivity index (χ0n) is 18.8. The zero-order valence-corrected chi connectivity index (χ0v) is 18.8. The van der Waals surface area contributed by atoms with E-state index in [-0.39, 0.29) is 6.61 Å². The molecule has 1 N–H and O–H groups in total. The first-order valence-electron chi connectivity index (χ1n) is 10.8. The molecule has 2 aromatic rings. The Bertz CT molecular complexity index is 802. The van der Waals surface area contributed by atoms with Gasteiger partial charge in [-0.3, -0.25) is 4.68 Å². The number of benzene rings is 1. The van der Waals surface area contributed by atoms with Gasteiger partial charge in [-0.2, -0.15) is 5.10 Å². The second-order valence-corrected chi connectivity index (χ2v) is 8.35. The number of methoxy groups -OCH3 is 1. The number of nitrogens with zero attached hydrogens (tertiary/aromatic N) is 4. The summed E-state index contributed by atoms with van der Waals surface area (Å²) in [5, 5.41) is 14.8. The second kappa shape index (κ2) is 10.8. The number of hydrogen-bond donors (Lipinski definition) is 1. The maximum Gasteiger partial charge on any atom is 0.161 e. The molecule has 1 aromatic carbocycles. The van der Waals surface area contributed by atoms with Gasteiger partial charge in [0.2, 0.25) is 0 Å². The van der Waals surface area contributed by atoms with Crippen molar-refractivity contribution in [3.8, 4) is 11.5 Å². The first-order chi connectivity index (χ1) is 14.4. The third-order valence-electron chi connectivity index (χ3n) is 5.58. The molecule has 30 heavy (non-hydrogen) atoms. The molecule has 166 valence electrons. The molecule has 0 aliphatic carbocycles. The van der Waals surface area contributed by atoms with Gasteiger partial charge in [-0.1, -0.05) is 6.07 Å². The van der Waals surface area contributed by atoms with E-state index in [0.717, 1.165) is 44.0 Å². The molecule has 0 saturated carbocycles. The van der Waals surface area contributed by atoms with E-state index in [4.69, 9.17) is 9.47 Å². The minimum absolute atomic E-state index is 0.273. The summed E-state index contributed by atoms with van der Waals surface area (Å²) in [7, 11) is 3.76. The predicted molar refractivity (Wildman–Crippen MR) is 118 cm³/mol. The molecule has 0 amide bonds. The Morgan fingerprint density at radius 1 is 1.17 bits per heavy atom. The number of likely N-dealkylation sites (N-methyl/N-ethyl adjacent to an activating group) is 1. The maximum absolute atomic E-state index is 10.3. The lowest BCUT2D eigenvalue weighted by molar-refractivity contribution is 0.0747. The molecule has 7 heteroatoms. The lowest BCUT2D eigenvalue weighted by atomic mass is 10.2. The molecular weight excluding hydrogens is 380 g/mol. The van der Waals surface area contributed by atoms with Gasteiger partial charge in [-0.15, -0.1) is 0 Å². The Hall–Kier alpha value is -2.09. The molecule has 0 radical (unpaired) electrons. The summed E-state index contributed by atoms with van der Waals surface area (Å²) in [4.78, 5) is 4.56. The summed E-state index contributed by atoms with van der Waals surface area (Å²) in [6.45, 7) is 9.78. The number of aliphatic hydroxyl groups excluding tert-OH is 1. The third kappa shape index (κ3) is 6.45. The summed E-state index contributed by atoms with van der Waals surface area (Å²) in [5.41, 5.74) is 3.41. The van der Waals surface area contributed by atoms with Crippen LogP contribution in [-0.2, 0) is 13.1 Å². The molecule has 0 unspecified atom stereocenters. The summed E-state index contributed by atoms with van der Waals surface area (Å²) >= 11 is 0. The Morgan fingerprint density at radius 2 is 1.93 bits per heavy atom. The normalized spacial score (nSPS) is 15.7. The average molecular weight is 417 g/mol. The van der Waals surface area contributed by atoms with Crippen molar-refractivity contribution in [1.29, 1.82) is 0 Å². The Labute approximate surface area is 180 Å². The van der Waals surface area contributed by atoms with Crippen molar-refractivity contribution in [3.05, 3.63) is 41.2 Å². The highest BCUT2D eigenvalue weighted by Crippen LogP contribution is 2.28. The molecule has 1 aliphatic rings. The van der Waals surface area contributed by atoms with Gasteiger partial charge >= 0.3 is 0 Å². The first kappa shape index (κ1) is 22.6. The summed E-state index contributed by atoms with van der Waals surface area (Å²) in [6, 6.07) is 8.11.